The van der Waals surface area contributed by atoms with Gasteiger partial charge < -0.3 is 9.47 Å². The molecule has 0 aromatic rings. The van der Waals surface area contributed by atoms with Crippen molar-refractivity contribution in [3.05, 3.63) is 0 Å². The largest absolute Gasteiger partial charge is 0.438 e. The Hall–Kier alpha value is -0.920. The molecule has 5 aliphatic rings. The normalized spacial score (nSPS) is 45.6. The fourth-order valence-electron chi connectivity index (χ4n) is 6.88. The molecule has 3 nitrogen and oxygen atoms in total. The summed E-state index contributed by atoms with van der Waals surface area (Å²) in [5, 5.41) is 0. The van der Waals surface area contributed by atoms with Gasteiger partial charge in [-0.1, -0.05) is 6.92 Å². The smallest absolute Gasteiger partial charge is 0.317 e. The van der Waals surface area contributed by atoms with Crippen LogP contribution in [-0.2, 0) is 14.3 Å². The highest BCUT2D eigenvalue weighted by molar-refractivity contribution is 5.74. The van der Waals surface area contributed by atoms with Gasteiger partial charge in [0, 0.05) is 12.8 Å². The number of rotatable bonds is 6. The molecule has 0 radical (unpaired) electrons. The zero-order chi connectivity index (χ0) is 21.2. The van der Waals surface area contributed by atoms with Crippen LogP contribution in [0.15, 0.2) is 0 Å². The van der Waals surface area contributed by atoms with Crippen LogP contribution in [0, 0.1) is 35.5 Å². The molecule has 0 spiro atoms. The van der Waals surface area contributed by atoms with Crippen molar-refractivity contribution >= 4 is 5.97 Å². The van der Waals surface area contributed by atoms with E-state index >= 15 is 0 Å². The van der Waals surface area contributed by atoms with E-state index < -0.39 is 48.5 Å². The molecule has 8 heteroatoms. The lowest BCUT2D eigenvalue weighted by atomic mass is 9.55. The van der Waals surface area contributed by atoms with Gasteiger partial charge in [-0.15, -0.1) is 0 Å². The van der Waals surface area contributed by atoms with Gasteiger partial charge in [0.15, 0.2) is 6.79 Å². The first kappa shape index (κ1) is 21.3. The molecule has 5 fully saturated rings. The lowest BCUT2D eigenvalue weighted by Gasteiger charge is -2.53. The maximum Gasteiger partial charge on any atom is 0.317 e. The summed E-state index contributed by atoms with van der Waals surface area (Å²) in [7, 11) is 0. The van der Waals surface area contributed by atoms with Crippen LogP contribution in [0.25, 0.3) is 0 Å². The number of alkyl halides is 5. The Labute approximate surface area is 167 Å². The summed E-state index contributed by atoms with van der Waals surface area (Å²) in [5.41, 5.74) is -4.07. The van der Waals surface area contributed by atoms with Crippen molar-refractivity contribution in [1.29, 1.82) is 0 Å². The fourth-order valence-corrected chi connectivity index (χ4v) is 6.88. The van der Waals surface area contributed by atoms with Gasteiger partial charge in [0.2, 0.25) is 5.67 Å². The second kappa shape index (κ2) is 7.06. The Morgan fingerprint density at radius 1 is 1.00 bits per heavy atom. The monoisotopic (exact) mass is 424 g/mol. The number of esters is 1. The van der Waals surface area contributed by atoms with Crippen LogP contribution in [0.2, 0.25) is 0 Å². The number of halogens is 5. The molecule has 5 rings (SSSR count). The lowest BCUT2D eigenvalue weighted by molar-refractivity contribution is -0.253. The number of carbonyl (C=O) groups is 1. The van der Waals surface area contributed by atoms with Gasteiger partial charge in [0.1, 0.15) is 5.92 Å². The molecule has 5 saturated carbocycles. The first-order valence-electron chi connectivity index (χ1n) is 10.7. The minimum atomic E-state index is -4.51. The van der Waals surface area contributed by atoms with Crippen molar-refractivity contribution in [1.82, 2.24) is 0 Å². The topological polar surface area (TPSA) is 35.5 Å². The minimum absolute atomic E-state index is 0.0525. The summed E-state index contributed by atoms with van der Waals surface area (Å²) in [6.07, 6.45) is 4.67. The zero-order valence-electron chi connectivity index (χ0n) is 16.8. The van der Waals surface area contributed by atoms with E-state index in [4.69, 9.17) is 9.47 Å². The molecule has 0 amide bonds. The standard InChI is InChI=1S/C21H29F5O3/c1-3-15-9-16(21(25,26)20(15,24)19(2,22)23)18(27)29-10-28-17-13-5-11-4-12(7-13)8-14(17)6-11/h11-17H,3-10H2,1-2H3. The second-order valence-electron chi connectivity index (χ2n) is 9.76. The van der Waals surface area contributed by atoms with E-state index in [1.807, 2.05) is 0 Å². The average Bonchev–Trinajstić information content (AvgIpc) is 2.83. The van der Waals surface area contributed by atoms with Crippen molar-refractivity contribution in [3.63, 3.8) is 0 Å². The Balaban J connectivity index is 1.38. The predicted octanol–water partition coefficient (Wildman–Crippen LogP) is 5.37. The summed E-state index contributed by atoms with van der Waals surface area (Å²) in [5.74, 6) is -11.7. The zero-order valence-corrected chi connectivity index (χ0v) is 16.8. The third kappa shape index (κ3) is 3.19. The number of ether oxygens (including phenoxy) is 2. The maximum atomic E-state index is 14.9. The van der Waals surface area contributed by atoms with Gasteiger partial charge in [-0.3, -0.25) is 4.79 Å². The minimum Gasteiger partial charge on any atom is -0.438 e. The van der Waals surface area contributed by atoms with E-state index in [0.29, 0.717) is 11.8 Å². The van der Waals surface area contributed by atoms with E-state index in [1.165, 1.54) is 13.3 Å². The molecule has 0 N–H and O–H groups in total. The molecule has 0 heterocycles. The average molecular weight is 424 g/mol. The molecule has 3 unspecified atom stereocenters. The van der Waals surface area contributed by atoms with Crippen LogP contribution in [0.1, 0.15) is 58.8 Å². The van der Waals surface area contributed by atoms with Crippen LogP contribution in [0.4, 0.5) is 22.0 Å². The van der Waals surface area contributed by atoms with E-state index in [1.54, 1.807) is 0 Å². The van der Waals surface area contributed by atoms with Gasteiger partial charge >= 0.3 is 11.9 Å². The van der Waals surface area contributed by atoms with E-state index in [0.717, 1.165) is 37.5 Å². The molecule has 29 heavy (non-hydrogen) atoms. The Kier molecular flexibility index (Phi) is 5.19. The Morgan fingerprint density at radius 3 is 2.00 bits per heavy atom. The molecule has 4 bridgehead atoms. The van der Waals surface area contributed by atoms with Crippen LogP contribution >= 0.6 is 0 Å². The van der Waals surface area contributed by atoms with Crippen LogP contribution in [-0.4, -0.2) is 36.4 Å². The van der Waals surface area contributed by atoms with Crippen molar-refractivity contribution in [2.45, 2.75) is 82.4 Å². The van der Waals surface area contributed by atoms with E-state index in [2.05, 4.69) is 0 Å². The predicted molar refractivity (Wildman–Crippen MR) is 94.2 cm³/mol. The maximum absolute atomic E-state index is 14.9. The summed E-state index contributed by atoms with van der Waals surface area (Å²) in [4.78, 5) is 12.3. The number of hydrogen-bond donors (Lipinski definition) is 0. The van der Waals surface area contributed by atoms with Gasteiger partial charge in [-0.25, -0.2) is 22.0 Å². The first-order chi connectivity index (χ1) is 13.5. The molecule has 5 aliphatic carbocycles. The first-order valence-corrected chi connectivity index (χ1v) is 10.7. The highest BCUT2D eigenvalue weighted by Crippen LogP contribution is 2.61. The lowest BCUT2D eigenvalue weighted by Crippen LogP contribution is -2.58. The summed E-state index contributed by atoms with van der Waals surface area (Å²) in [6.45, 7) is 1.02. The molecule has 3 atom stereocenters. The highest BCUT2D eigenvalue weighted by Gasteiger charge is 2.78. The van der Waals surface area contributed by atoms with E-state index in [-0.39, 0.29) is 19.4 Å². The summed E-state index contributed by atoms with van der Waals surface area (Å²) < 4.78 is 82.6. The molecular weight excluding hydrogens is 395 g/mol. The molecule has 0 aromatic carbocycles. The summed E-state index contributed by atoms with van der Waals surface area (Å²) in [6, 6.07) is 0. The van der Waals surface area contributed by atoms with Crippen molar-refractivity contribution in [2.24, 2.45) is 35.5 Å². The fraction of sp³-hybridized carbons (Fsp3) is 0.952. The van der Waals surface area contributed by atoms with Crippen LogP contribution in [0.3, 0.4) is 0 Å². The number of hydrogen-bond acceptors (Lipinski definition) is 3. The van der Waals surface area contributed by atoms with Crippen LogP contribution < -0.4 is 0 Å². The molecular formula is C21H29F5O3. The highest BCUT2D eigenvalue weighted by atomic mass is 19.3. The number of carbonyl (C=O) groups excluding carboxylic acids is 1. The van der Waals surface area contributed by atoms with Gasteiger partial charge in [-0.2, -0.15) is 0 Å². The van der Waals surface area contributed by atoms with Crippen molar-refractivity contribution in [2.75, 3.05) is 6.79 Å². The van der Waals surface area contributed by atoms with Crippen LogP contribution in [0.5, 0.6) is 0 Å². The SMILES string of the molecule is CCC1CC(C(=O)OCOC2C3CC4CC(C3)CC2C4)C(F)(F)C1(F)C(C)(F)F. The Bertz CT molecular complexity index is 621. The molecule has 0 aromatic heterocycles. The molecule has 0 saturated heterocycles. The third-order valence-electron chi connectivity index (χ3n) is 8.02. The van der Waals surface area contributed by atoms with Gasteiger partial charge in [-0.05, 0) is 68.6 Å². The van der Waals surface area contributed by atoms with E-state index in [9.17, 15) is 26.7 Å². The molecule has 166 valence electrons. The summed E-state index contributed by atoms with van der Waals surface area (Å²) >= 11 is 0. The Morgan fingerprint density at radius 2 is 1.55 bits per heavy atom. The molecule has 0 aliphatic heterocycles. The third-order valence-corrected chi connectivity index (χ3v) is 8.02. The van der Waals surface area contributed by atoms with Crippen molar-refractivity contribution < 1.29 is 36.2 Å². The van der Waals surface area contributed by atoms with Crippen molar-refractivity contribution in [3.8, 4) is 0 Å². The second-order valence-corrected chi connectivity index (χ2v) is 9.76. The quantitative estimate of drug-likeness (QED) is 0.327. The van der Waals surface area contributed by atoms with Gasteiger partial charge in [0.05, 0.1) is 6.10 Å². The van der Waals surface area contributed by atoms with Gasteiger partial charge in [0.25, 0.3) is 5.92 Å².